The van der Waals surface area contributed by atoms with Gasteiger partial charge >= 0.3 is 6.09 Å². The monoisotopic (exact) mass is 524 g/mol. The Labute approximate surface area is 217 Å². The highest BCUT2D eigenvalue weighted by Gasteiger charge is 2.41. The molecule has 13 heteroatoms. The van der Waals surface area contributed by atoms with Gasteiger partial charge in [0.15, 0.2) is 0 Å². The maximum atomic E-state index is 12.9. The Morgan fingerprint density at radius 2 is 1.87 bits per heavy atom. The molecule has 3 N–H and O–H groups in total. The van der Waals surface area contributed by atoms with Gasteiger partial charge in [-0.2, -0.15) is 0 Å². The zero-order valence-electron chi connectivity index (χ0n) is 21.1. The third kappa shape index (κ3) is 5.89. The van der Waals surface area contributed by atoms with E-state index in [-0.39, 0.29) is 18.8 Å². The molecule has 0 radical (unpaired) electrons. The third-order valence-electron chi connectivity index (χ3n) is 6.12. The Kier molecular flexibility index (Phi) is 7.30. The Bertz CT molecular complexity index is 1380. The maximum absolute atomic E-state index is 12.9. The molecule has 3 amide bonds. The van der Waals surface area contributed by atoms with Crippen molar-refractivity contribution in [3.8, 4) is 0 Å². The number of nitrogens with zero attached hydrogens (tertiary/aromatic N) is 4. The number of nitrogens with one attached hydrogen (secondary N) is 2. The second kappa shape index (κ2) is 10.5. The van der Waals surface area contributed by atoms with E-state index in [2.05, 4.69) is 10.3 Å². The van der Waals surface area contributed by atoms with Gasteiger partial charge in [0.25, 0.3) is 11.6 Å². The largest absolute Gasteiger partial charge is 0.444 e. The van der Waals surface area contributed by atoms with Crippen molar-refractivity contribution < 1.29 is 29.3 Å². The zero-order valence-corrected chi connectivity index (χ0v) is 21.1. The van der Waals surface area contributed by atoms with E-state index in [0.29, 0.717) is 23.1 Å². The number of imidazole rings is 1. The molecule has 1 aromatic heterocycles. The smallest absolute Gasteiger partial charge is 0.410 e. The lowest BCUT2D eigenvalue weighted by atomic mass is 10.0. The van der Waals surface area contributed by atoms with Crippen molar-refractivity contribution in [2.75, 3.05) is 13.1 Å². The van der Waals surface area contributed by atoms with Crippen molar-refractivity contribution in [1.82, 2.24) is 25.2 Å². The first-order valence-corrected chi connectivity index (χ1v) is 11.9. The number of hydrogen-bond donors (Lipinski definition) is 3. The molecule has 38 heavy (non-hydrogen) atoms. The molecule has 0 bridgehead atoms. The molecule has 0 spiro atoms. The number of carbonyl (C=O) groups is 3. The van der Waals surface area contributed by atoms with Crippen LogP contribution in [0.3, 0.4) is 0 Å². The van der Waals surface area contributed by atoms with Crippen LogP contribution in [0.5, 0.6) is 0 Å². The molecule has 1 fully saturated rings. The number of benzene rings is 2. The van der Waals surface area contributed by atoms with Crippen LogP contribution in [0, 0.1) is 16.0 Å². The third-order valence-corrected chi connectivity index (χ3v) is 6.12. The van der Waals surface area contributed by atoms with Gasteiger partial charge in [-0.1, -0.05) is 12.1 Å². The van der Waals surface area contributed by atoms with Crippen molar-refractivity contribution in [2.24, 2.45) is 5.92 Å². The average molecular weight is 525 g/mol. The van der Waals surface area contributed by atoms with Crippen LogP contribution in [0.1, 0.15) is 36.7 Å². The van der Waals surface area contributed by atoms with Crippen molar-refractivity contribution >= 4 is 34.6 Å². The van der Waals surface area contributed by atoms with E-state index < -0.39 is 40.4 Å². The predicted octanol–water partition coefficient (Wildman–Crippen LogP) is 2.46. The van der Waals surface area contributed by atoms with Gasteiger partial charge in [-0.15, -0.1) is 0 Å². The summed E-state index contributed by atoms with van der Waals surface area (Å²) in [6, 6.07) is 10.4. The van der Waals surface area contributed by atoms with Crippen LogP contribution in [0.25, 0.3) is 11.0 Å². The van der Waals surface area contributed by atoms with Gasteiger partial charge in [0.05, 0.1) is 34.2 Å². The molecule has 0 saturated carbocycles. The molecular formula is C25H28N6O7. The predicted molar refractivity (Wildman–Crippen MR) is 134 cm³/mol. The van der Waals surface area contributed by atoms with Gasteiger partial charge < -0.3 is 19.5 Å². The molecule has 1 aliphatic heterocycles. The summed E-state index contributed by atoms with van der Waals surface area (Å²) in [7, 11) is 0. The quantitative estimate of drug-likeness (QED) is 0.251. The Balaban J connectivity index is 1.44. The van der Waals surface area contributed by atoms with Gasteiger partial charge in [0.2, 0.25) is 5.91 Å². The molecular weight excluding hydrogens is 496 g/mol. The van der Waals surface area contributed by atoms with Crippen molar-refractivity contribution in [2.45, 2.75) is 39.0 Å². The lowest BCUT2D eigenvalue weighted by Gasteiger charge is -2.24. The van der Waals surface area contributed by atoms with Crippen LogP contribution >= 0.6 is 0 Å². The summed E-state index contributed by atoms with van der Waals surface area (Å²) in [5.41, 5.74) is 3.25. The fraction of sp³-hybridized carbons (Fsp3) is 0.360. The minimum Gasteiger partial charge on any atom is -0.444 e. The normalized spacial score (nSPS) is 17.3. The molecule has 13 nitrogen and oxygen atoms in total. The fourth-order valence-corrected chi connectivity index (χ4v) is 4.27. The molecule has 0 aliphatic carbocycles. The molecule has 2 atom stereocenters. The van der Waals surface area contributed by atoms with E-state index in [0.717, 1.165) is 5.56 Å². The number of ether oxygens (including phenoxy) is 1. The van der Waals surface area contributed by atoms with Crippen LogP contribution in [0.15, 0.2) is 48.8 Å². The number of amides is 3. The van der Waals surface area contributed by atoms with Crippen molar-refractivity contribution in [1.29, 1.82) is 0 Å². The van der Waals surface area contributed by atoms with E-state index in [1.54, 1.807) is 67.5 Å². The SMILES string of the molecule is CC(C)(C)OC(=O)N1C[C@H](C(=O)NO)[C@H](NC(=O)c2ccc(Cn3cnc4ccc([N+](=O)[O-])cc43)cc2)C1. The number of nitro groups is 1. The lowest BCUT2D eigenvalue weighted by molar-refractivity contribution is -0.384. The summed E-state index contributed by atoms with van der Waals surface area (Å²) in [5.74, 6) is -2.04. The number of rotatable bonds is 6. The van der Waals surface area contributed by atoms with E-state index >= 15 is 0 Å². The topological polar surface area (TPSA) is 169 Å². The first kappa shape index (κ1) is 26.5. The molecule has 1 saturated heterocycles. The number of aromatic nitrogens is 2. The Hall–Kier alpha value is -4.52. The van der Waals surface area contributed by atoms with E-state index in [1.165, 1.54) is 17.0 Å². The highest BCUT2D eigenvalue weighted by Crippen LogP contribution is 2.23. The number of likely N-dealkylation sites (tertiary alicyclic amines) is 1. The van der Waals surface area contributed by atoms with Gasteiger partial charge in [-0.3, -0.25) is 24.9 Å². The molecule has 2 aromatic carbocycles. The maximum Gasteiger partial charge on any atom is 0.410 e. The number of nitro benzene ring substituents is 1. The lowest BCUT2D eigenvalue weighted by Crippen LogP contribution is -2.45. The van der Waals surface area contributed by atoms with Gasteiger partial charge in [-0.25, -0.2) is 15.3 Å². The summed E-state index contributed by atoms with van der Waals surface area (Å²) < 4.78 is 7.14. The number of hydrogen-bond acceptors (Lipinski definition) is 8. The standard InChI is InChI=1S/C25H28N6O7/c1-25(2,3)38-24(34)29-12-18(23(33)28-35)20(13-29)27-22(32)16-6-4-15(5-7-16)11-30-14-26-19-9-8-17(31(36)37)10-21(19)30/h4-10,14,18,20,35H,11-13H2,1-3H3,(H,27,32)(H,28,33)/t18-,20+/m0/s1. The van der Waals surface area contributed by atoms with Gasteiger partial charge in [-0.05, 0) is 44.5 Å². The number of carbonyl (C=O) groups excluding carboxylic acids is 3. The number of hydroxylamine groups is 1. The summed E-state index contributed by atoms with van der Waals surface area (Å²) in [6.07, 6.45) is 0.976. The van der Waals surface area contributed by atoms with E-state index in [1.807, 2.05) is 0 Å². The van der Waals surface area contributed by atoms with Gasteiger partial charge in [0.1, 0.15) is 5.60 Å². The van der Waals surface area contributed by atoms with Crippen LogP contribution in [0.4, 0.5) is 10.5 Å². The average Bonchev–Trinajstić information content (AvgIpc) is 3.47. The minimum absolute atomic E-state index is 0.0256. The summed E-state index contributed by atoms with van der Waals surface area (Å²) in [6.45, 7) is 5.56. The zero-order chi connectivity index (χ0) is 27.6. The second-order valence-electron chi connectivity index (χ2n) is 10.0. The molecule has 0 unspecified atom stereocenters. The van der Waals surface area contributed by atoms with Crippen LogP contribution in [-0.4, -0.2) is 67.2 Å². The highest BCUT2D eigenvalue weighted by molar-refractivity contribution is 5.95. The molecule has 4 rings (SSSR count). The van der Waals surface area contributed by atoms with Crippen molar-refractivity contribution in [3.63, 3.8) is 0 Å². The summed E-state index contributed by atoms with van der Waals surface area (Å²) in [5, 5.41) is 23.0. The molecule has 200 valence electrons. The van der Waals surface area contributed by atoms with Crippen molar-refractivity contribution in [3.05, 3.63) is 70.0 Å². The van der Waals surface area contributed by atoms with Crippen LogP contribution < -0.4 is 10.8 Å². The van der Waals surface area contributed by atoms with E-state index in [9.17, 15) is 24.5 Å². The first-order valence-electron chi connectivity index (χ1n) is 11.9. The fourth-order valence-electron chi connectivity index (χ4n) is 4.27. The molecule has 2 heterocycles. The van der Waals surface area contributed by atoms with E-state index in [4.69, 9.17) is 9.94 Å². The van der Waals surface area contributed by atoms with Gasteiger partial charge in [0, 0.05) is 37.3 Å². The highest BCUT2D eigenvalue weighted by atomic mass is 16.6. The minimum atomic E-state index is -0.866. The van der Waals surface area contributed by atoms with Crippen LogP contribution in [-0.2, 0) is 16.1 Å². The molecule has 3 aromatic rings. The van der Waals surface area contributed by atoms with Crippen LogP contribution in [0.2, 0.25) is 0 Å². The summed E-state index contributed by atoms with van der Waals surface area (Å²) in [4.78, 5) is 53.9. The number of non-ortho nitro benzene ring substituents is 1. The Morgan fingerprint density at radius 1 is 1.16 bits per heavy atom. The number of fused-ring (bicyclic) bond motifs is 1. The molecule has 1 aliphatic rings. The first-order chi connectivity index (χ1) is 17.9. The Morgan fingerprint density at radius 3 is 2.50 bits per heavy atom. The summed E-state index contributed by atoms with van der Waals surface area (Å²) >= 11 is 0. The second-order valence-corrected chi connectivity index (χ2v) is 10.0.